The lowest BCUT2D eigenvalue weighted by Crippen LogP contribution is -2.26. The number of nitrogens with one attached hydrogen (secondary N) is 2. The number of hydrogen-bond acceptors (Lipinski definition) is 6. The van der Waals surface area contributed by atoms with E-state index in [0.717, 1.165) is 18.2 Å². The van der Waals surface area contributed by atoms with E-state index in [2.05, 4.69) is 30.5 Å². The van der Waals surface area contributed by atoms with Crippen molar-refractivity contribution in [3.05, 3.63) is 110 Å². The van der Waals surface area contributed by atoms with E-state index in [9.17, 15) is 22.8 Å². The number of aromatic nitrogens is 8. The highest BCUT2D eigenvalue weighted by Gasteiger charge is 2.54. The van der Waals surface area contributed by atoms with Gasteiger partial charge in [0, 0.05) is 39.3 Å². The van der Waals surface area contributed by atoms with Crippen molar-refractivity contribution in [1.82, 2.24) is 39.7 Å². The Bertz CT molecular complexity index is 2260. The standard InChI is InChI=1S/C29H17ClF4N8O2/c30-15-2-4-21(41-11-35-39-40-41)16(9-15)13-7-22-17-10-18(17)25(42(22)23(43)8-13)27-37-24(26(31)38-27)12-1-3-20-14(5-12)6-19(28(44)36-20)29(32,33)34/h1-9,11,17-18,25H,10H2,(H,36,44)(H,37,38). The SMILES string of the molecule is O=c1[nH]c2ccc(-c3[nH]c(C4C5CC5c5cc(-c6cc(Cl)ccc6-n6cnnn6)cc(=O)n54)nc3F)cc2cc1C(F)(F)F. The van der Waals surface area contributed by atoms with Crippen LogP contribution in [0.3, 0.4) is 0 Å². The van der Waals surface area contributed by atoms with Crippen molar-refractivity contribution < 1.29 is 17.6 Å². The lowest BCUT2D eigenvalue weighted by atomic mass is 10.0. The first kappa shape index (κ1) is 26.5. The molecular weight excluding hydrogens is 604 g/mol. The number of pyridine rings is 2. The third-order valence-electron chi connectivity index (χ3n) is 8.26. The van der Waals surface area contributed by atoms with Gasteiger partial charge in [-0.25, -0.2) is 4.98 Å². The minimum Gasteiger partial charge on any atom is -0.338 e. The fourth-order valence-electron chi connectivity index (χ4n) is 6.24. The second-order valence-corrected chi connectivity index (χ2v) is 11.3. The van der Waals surface area contributed by atoms with E-state index in [0.29, 0.717) is 21.8 Å². The molecule has 1 saturated carbocycles. The molecule has 8 rings (SSSR count). The molecule has 1 aliphatic heterocycles. The van der Waals surface area contributed by atoms with Crippen molar-refractivity contribution in [1.29, 1.82) is 0 Å². The van der Waals surface area contributed by atoms with Gasteiger partial charge in [-0.3, -0.25) is 9.59 Å². The van der Waals surface area contributed by atoms with Crippen LogP contribution in [0.15, 0.2) is 70.5 Å². The highest BCUT2D eigenvalue weighted by atomic mass is 35.5. The fraction of sp³-hybridized carbons (Fsp3) is 0.172. The summed E-state index contributed by atoms with van der Waals surface area (Å²) in [6, 6.07) is 13.0. The average molecular weight is 621 g/mol. The molecule has 5 heterocycles. The maximum Gasteiger partial charge on any atom is 0.421 e. The van der Waals surface area contributed by atoms with Crippen LogP contribution in [0.1, 0.15) is 35.5 Å². The monoisotopic (exact) mass is 620 g/mol. The topological polar surface area (TPSA) is 127 Å². The van der Waals surface area contributed by atoms with E-state index in [1.807, 2.05) is 6.07 Å². The van der Waals surface area contributed by atoms with Crippen molar-refractivity contribution in [2.24, 2.45) is 5.92 Å². The Morgan fingerprint density at radius 3 is 2.59 bits per heavy atom. The van der Waals surface area contributed by atoms with Gasteiger partial charge in [-0.1, -0.05) is 17.7 Å². The molecule has 1 fully saturated rings. The van der Waals surface area contributed by atoms with E-state index in [1.165, 1.54) is 35.3 Å². The van der Waals surface area contributed by atoms with Crippen LogP contribution in [0.4, 0.5) is 17.6 Å². The second kappa shape index (κ2) is 9.19. The van der Waals surface area contributed by atoms with Crippen LogP contribution in [0.2, 0.25) is 5.02 Å². The van der Waals surface area contributed by atoms with E-state index in [-0.39, 0.29) is 45.4 Å². The molecule has 2 N–H and O–H groups in total. The van der Waals surface area contributed by atoms with E-state index >= 15 is 4.39 Å². The summed E-state index contributed by atoms with van der Waals surface area (Å²) in [5.74, 6) is -0.572. The minimum atomic E-state index is -4.85. The first-order valence-electron chi connectivity index (χ1n) is 13.4. The molecule has 0 radical (unpaired) electrons. The average Bonchev–Trinajstić information content (AvgIpc) is 3.28. The molecule has 0 spiro atoms. The zero-order valence-electron chi connectivity index (χ0n) is 22.1. The quantitative estimate of drug-likeness (QED) is 0.260. The van der Waals surface area contributed by atoms with Crippen LogP contribution >= 0.6 is 11.6 Å². The Balaban J connectivity index is 1.19. The van der Waals surface area contributed by atoms with Crippen molar-refractivity contribution in [2.75, 3.05) is 0 Å². The van der Waals surface area contributed by atoms with Gasteiger partial charge in [-0.15, -0.1) is 5.10 Å². The van der Waals surface area contributed by atoms with Gasteiger partial charge in [0.1, 0.15) is 23.4 Å². The summed E-state index contributed by atoms with van der Waals surface area (Å²) in [4.78, 5) is 34.8. The predicted octanol–water partition coefficient (Wildman–Crippen LogP) is 5.24. The number of imidazole rings is 1. The Morgan fingerprint density at radius 2 is 1.82 bits per heavy atom. The van der Waals surface area contributed by atoms with Crippen LogP contribution in [-0.2, 0) is 6.18 Å². The first-order chi connectivity index (χ1) is 21.1. The van der Waals surface area contributed by atoms with Gasteiger partial charge in [-0.2, -0.15) is 22.2 Å². The number of fused-ring (bicyclic) bond motifs is 4. The number of alkyl halides is 3. The van der Waals surface area contributed by atoms with E-state index in [1.54, 1.807) is 22.8 Å². The molecule has 1 aliphatic carbocycles. The number of halogens is 5. The lowest BCUT2D eigenvalue weighted by Gasteiger charge is -2.17. The van der Waals surface area contributed by atoms with Crippen molar-refractivity contribution in [2.45, 2.75) is 24.6 Å². The smallest absolute Gasteiger partial charge is 0.338 e. The van der Waals surface area contributed by atoms with Gasteiger partial charge in [0.05, 0.1) is 11.7 Å². The molecule has 3 unspecified atom stereocenters. The summed E-state index contributed by atoms with van der Waals surface area (Å²) in [6.07, 6.45) is -2.65. The third-order valence-corrected chi connectivity index (χ3v) is 8.50. The summed E-state index contributed by atoms with van der Waals surface area (Å²) in [6.45, 7) is 0. The number of tetrazole rings is 1. The van der Waals surface area contributed by atoms with Gasteiger partial charge in [-0.05, 0) is 76.2 Å². The molecule has 220 valence electrons. The maximum atomic E-state index is 15.3. The van der Waals surface area contributed by atoms with E-state index in [4.69, 9.17) is 11.6 Å². The maximum absolute atomic E-state index is 15.3. The van der Waals surface area contributed by atoms with Gasteiger partial charge >= 0.3 is 6.18 Å². The number of nitrogens with zero attached hydrogens (tertiary/aromatic N) is 6. The number of rotatable bonds is 4. The first-order valence-corrected chi connectivity index (χ1v) is 13.7. The number of benzene rings is 2. The van der Waals surface area contributed by atoms with Gasteiger partial charge in [0.2, 0.25) is 5.95 Å². The van der Waals surface area contributed by atoms with Crippen molar-refractivity contribution in [3.8, 4) is 28.1 Å². The molecule has 15 heteroatoms. The predicted molar refractivity (Wildman–Crippen MR) is 150 cm³/mol. The number of H-pyrrole nitrogens is 2. The Morgan fingerprint density at radius 1 is 0.977 bits per heavy atom. The molecule has 44 heavy (non-hydrogen) atoms. The van der Waals surface area contributed by atoms with Crippen LogP contribution in [-0.4, -0.2) is 39.7 Å². The van der Waals surface area contributed by atoms with Crippen LogP contribution in [0.25, 0.3) is 39.0 Å². The molecule has 0 saturated heterocycles. The highest BCUT2D eigenvalue weighted by molar-refractivity contribution is 6.31. The Kier molecular flexibility index (Phi) is 5.54. The summed E-state index contributed by atoms with van der Waals surface area (Å²) in [7, 11) is 0. The molecule has 0 bridgehead atoms. The summed E-state index contributed by atoms with van der Waals surface area (Å²) in [5.41, 5.74) is 0.123. The van der Waals surface area contributed by atoms with E-state index < -0.39 is 29.3 Å². The summed E-state index contributed by atoms with van der Waals surface area (Å²) >= 11 is 6.30. The summed E-state index contributed by atoms with van der Waals surface area (Å²) < 4.78 is 58.3. The Labute approximate surface area is 248 Å². The fourth-order valence-corrected chi connectivity index (χ4v) is 6.42. The zero-order chi connectivity index (χ0) is 30.5. The van der Waals surface area contributed by atoms with Crippen molar-refractivity contribution in [3.63, 3.8) is 0 Å². The second-order valence-electron chi connectivity index (χ2n) is 10.8. The molecule has 0 amide bonds. The van der Waals surface area contributed by atoms with Crippen molar-refractivity contribution >= 4 is 22.5 Å². The minimum absolute atomic E-state index is 0.00530. The Hall–Kier alpha value is -5.11. The van der Waals surface area contributed by atoms with Gasteiger partial charge in [0.15, 0.2) is 0 Å². The molecule has 10 nitrogen and oxygen atoms in total. The summed E-state index contributed by atoms with van der Waals surface area (Å²) in [5, 5.41) is 11.9. The molecule has 4 aromatic heterocycles. The molecule has 2 aromatic carbocycles. The third kappa shape index (κ3) is 4.08. The zero-order valence-corrected chi connectivity index (χ0v) is 22.9. The highest BCUT2D eigenvalue weighted by Crippen LogP contribution is 2.60. The molecule has 2 aliphatic rings. The van der Waals surface area contributed by atoms with Crippen LogP contribution < -0.4 is 11.1 Å². The normalized spacial score (nSPS) is 18.9. The van der Waals surface area contributed by atoms with Crippen LogP contribution in [0, 0.1) is 11.9 Å². The molecular formula is C29H17ClF4N8O2. The molecule has 6 aromatic rings. The van der Waals surface area contributed by atoms with Gasteiger partial charge < -0.3 is 14.5 Å². The molecule has 3 atom stereocenters. The van der Waals surface area contributed by atoms with Gasteiger partial charge in [0.25, 0.3) is 11.1 Å². The largest absolute Gasteiger partial charge is 0.421 e. The lowest BCUT2D eigenvalue weighted by molar-refractivity contribution is -0.138. The number of aromatic amines is 2. The number of hydrogen-bond donors (Lipinski definition) is 2. The van der Waals surface area contributed by atoms with Crippen LogP contribution in [0.5, 0.6) is 0 Å².